The minimum absolute atomic E-state index is 0.0510. The van der Waals surface area contributed by atoms with Gasteiger partial charge in [0.2, 0.25) is 0 Å². The van der Waals surface area contributed by atoms with E-state index in [1.165, 1.54) is 18.2 Å². The average Bonchev–Trinajstić information content (AvgIpc) is 2.46. The summed E-state index contributed by atoms with van der Waals surface area (Å²) in [5.41, 5.74) is 12.1. The molecule has 1 heterocycles. The van der Waals surface area contributed by atoms with E-state index in [2.05, 4.69) is 0 Å². The van der Waals surface area contributed by atoms with Gasteiger partial charge in [0, 0.05) is 36.4 Å². The lowest BCUT2D eigenvalue weighted by Crippen LogP contribution is -2.51. The van der Waals surface area contributed by atoms with Gasteiger partial charge in [-0.15, -0.1) is 0 Å². The van der Waals surface area contributed by atoms with Crippen molar-refractivity contribution < 1.29 is 9.72 Å². The molecule has 0 aliphatic carbocycles. The van der Waals surface area contributed by atoms with Gasteiger partial charge in [-0.1, -0.05) is 0 Å². The van der Waals surface area contributed by atoms with Crippen LogP contribution in [0.1, 0.15) is 36.5 Å². The minimum atomic E-state index is -0.532. The Bertz CT molecular complexity index is 559. The number of carbonyl (C=O) groups excluding carboxylic acids is 1. The molecule has 1 amide bonds. The van der Waals surface area contributed by atoms with Gasteiger partial charge < -0.3 is 16.4 Å². The van der Waals surface area contributed by atoms with E-state index < -0.39 is 4.92 Å². The number of likely N-dealkylation sites (tertiary alicyclic amines) is 1. The van der Waals surface area contributed by atoms with Crippen molar-refractivity contribution in [3.8, 4) is 0 Å². The summed E-state index contributed by atoms with van der Waals surface area (Å²) in [5.74, 6) is -0.279. The standard InChI is InChI=1S/C14H20N4O3/c1-9(15)13-4-2-3-7-17(13)14(19)11-8-10(18(20)21)5-6-12(11)16/h5-6,8-9,13H,2-4,7,15-16H2,1H3. The summed E-state index contributed by atoms with van der Waals surface area (Å²) >= 11 is 0. The molecule has 7 heteroatoms. The Morgan fingerprint density at radius 2 is 2.19 bits per heavy atom. The van der Waals surface area contributed by atoms with Crippen molar-refractivity contribution in [3.05, 3.63) is 33.9 Å². The van der Waals surface area contributed by atoms with E-state index in [0.29, 0.717) is 6.54 Å². The molecule has 2 rings (SSSR count). The zero-order chi connectivity index (χ0) is 15.6. The third-order valence-electron chi connectivity index (χ3n) is 3.90. The Balaban J connectivity index is 2.34. The van der Waals surface area contributed by atoms with Crippen LogP contribution in [0.15, 0.2) is 18.2 Å². The quantitative estimate of drug-likeness (QED) is 0.498. The highest BCUT2D eigenvalue weighted by atomic mass is 16.6. The number of anilines is 1. The Kier molecular flexibility index (Phi) is 4.42. The molecular formula is C14H20N4O3. The lowest BCUT2D eigenvalue weighted by atomic mass is 9.95. The third kappa shape index (κ3) is 3.13. The van der Waals surface area contributed by atoms with Crippen molar-refractivity contribution in [1.29, 1.82) is 0 Å². The molecule has 2 atom stereocenters. The number of hydrogen-bond donors (Lipinski definition) is 2. The number of nitro benzene ring substituents is 1. The normalized spacial score (nSPS) is 20.1. The lowest BCUT2D eigenvalue weighted by Gasteiger charge is -2.38. The summed E-state index contributed by atoms with van der Waals surface area (Å²) in [5, 5.41) is 10.9. The van der Waals surface area contributed by atoms with Crippen LogP contribution in [0.25, 0.3) is 0 Å². The first-order chi connectivity index (χ1) is 9.91. The highest BCUT2D eigenvalue weighted by Crippen LogP contribution is 2.26. The third-order valence-corrected chi connectivity index (χ3v) is 3.90. The second kappa shape index (κ2) is 6.09. The van der Waals surface area contributed by atoms with E-state index in [1.54, 1.807) is 4.90 Å². The van der Waals surface area contributed by atoms with Crippen molar-refractivity contribution in [2.45, 2.75) is 38.3 Å². The zero-order valence-corrected chi connectivity index (χ0v) is 12.0. The summed E-state index contributed by atoms with van der Waals surface area (Å²) in [7, 11) is 0. The molecule has 7 nitrogen and oxygen atoms in total. The monoisotopic (exact) mass is 292 g/mol. The maximum atomic E-state index is 12.7. The van der Waals surface area contributed by atoms with Gasteiger partial charge in [0.1, 0.15) is 0 Å². The first kappa shape index (κ1) is 15.2. The molecule has 0 bridgehead atoms. The molecule has 0 spiro atoms. The number of non-ortho nitro benzene ring substituents is 1. The largest absolute Gasteiger partial charge is 0.398 e. The number of benzene rings is 1. The molecule has 1 aliphatic rings. The summed E-state index contributed by atoms with van der Waals surface area (Å²) < 4.78 is 0. The minimum Gasteiger partial charge on any atom is -0.398 e. The molecule has 1 saturated heterocycles. The van der Waals surface area contributed by atoms with E-state index in [0.717, 1.165) is 19.3 Å². The van der Waals surface area contributed by atoms with E-state index in [4.69, 9.17) is 11.5 Å². The van der Waals surface area contributed by atoms with Gasteiger partial charge in [0.05, 0.1) is 10.5 Å². The second-order valence-corrected chi connectivity index (χ2v) is 5.45. The fourth-order valence-electron chi connectivity index (χ4n) is 2.75. The van der Waals surface area contributed by atoms with Crippen LogP contribution in [0, 0.1) is 10.1 Å². The molecule has 2 unspecified atom stereocenters. The van der Waals surface area contributed by atoms with E-state index in [1.807, 2.05) is 6.92 Å². The Morgan fingerprint density at radius 1 is 1.48 bits per heavy atom. The number of carbonyl (C=O) groups is 1. The second-order valence-electron chi connectivity index (χ2n) is 5.45. The molecule has 0 radical (unpaired) electrons. The summed E-state index contributed by atoms with van der Waals surface area (Å²) in [6.45, 7) is 2.47. The number of piperidine rings is 1. The molecule has 1 fully saturated rings. The van der Waals surface area contributed by atoms with E-state index >= 15 is 0 Å². The summed E-state index contributed by atoms with van der Waals surface area (Å²) in [6.07, 6.45) is 2.78. The van der Waals surface area contributed by atoms with Crippen molar-refractivity contribution in [1.82, 2.24) is 4.90 Å². The van der Waals surface area contributed by atoms with Crippen LogP contribution in [-0.4, -0.2) is 34.4 Å². The van der Waals surface area contributed by atoms with Gasteiger partial charge in [0.25, 0.3) is 11.6 Å². The van der Waals surface area contributed by atoms with Gasteiger partial charge in [-0.3, -0.25) is 14.9 Å². The van der Waals surface area contributed by atoms with E-state index in [9.17, 15) is 14.9 Å². The Morgan fingerprint density at radius 3 is 2.81 bits per heavy atom. The Labute approximate surface area is 123 Å². The SMILES string of the molecule is CC(N)C1CCCCN1C(=O)c1cc([N+](=O)[O-])ccc1N. The molecule has 0 aromatic heterocycles. The molecule has 1 aromatic rings. The van der Waals surface area contributed by atoms with Crippen LogP contribution in [0.2, 0.25) is 0 Å². The van der Waals surface area contributed by atoms with Gasteiger partial charge in [-0.05, 0) is 32.3 Å². The topological polar surface area (TPSA) is 115 Å². The van der Waals surface area contributed by atoms with Gasteiger partial charge >= 0.3 is 0 Å². The molecule has 114 valence electrons. The average molecular weight is 292 g/mol. The molecule has 21 heavy (non-hydrogen) atoms. The molecule has 0 saturated carbocycles. The first-order valence-electron chi connectivity index (χ1n) is 7.02. The maximum Gasteiger partial charge on any atom is 0.270 e. The molecule has 4 N–H and O–H groups in total. The maximum absolute atomic E-state index is 12.7. The van der Waals surface area contributed by atoms with Crippen LogP contribution in [-0.2, 0) is 0 Å². The van der Waals surface area contributed by atoms with Crippen molar-refractivity contribution >= 4 is 17.3 Å². The lowest BCUT2D eigenvalue weighted by molar-refractivity contribution is -0.384. The fraction of sp³-hybridized carbons (Fsp3) is 0.500. The van der Waals surface area contributed by atoms with Gasteiger partial charge in [-0.2, -0.15) is 0 Å². The number of nitrogen functional groups attached to an aromatic ring is 1. The van der Waals surface area contributed by atoms with Crippen molar-refractivity contribution in [2.24, 2.45) is 5.73 Å². The van der Waals surface area contributed by atoms with Gasteiger partial charge in [0.15, 0.2) is 0 Å². The number of nitro groups is 1. The molecular weight excluding hydrogens is 272 g/mol. The summed E-state index contributed by atoms with van der Waals surface area (Å²) in [4.78, 5) is 24.7. The first-order valence-corrected chi connectivity index (χ1v) is 7.02. The zero-order valence-electron chi connectivity index (χ0n) is 12.0. The smallest absolute Gasteiger partial charge is 0.270 e. The van der Waals surface area contributed by atoms with E-state index in [-0.39, 0.29) is 34.9 Å². The Hall–Kier alpha value is -2.15. The van der Waals surface area contributed by atoms with Crippen LogP contribution in [0.5, 0.6) is 0 Å². The van der Waals surface area contributed by atoms with Crippen LogP contribution in [0.4, 0.5) is 11.4 Å². The highest BCUT2D eigenvalue weighted by Gasteiger charge is 2.31. The van der Waals surface area contributed by atoms with Crippen LogP contribution < -0.4 is 11.5 Å². The predicted molar refractivity (Wildman–Crippen MR) is 79.8 cm³/mol. The highest BCUT2D eigenvalue weighted by molar-refractivity contribution is 6.00. The number of nitrogens with zero attached hydrogens (tertiary/aromatic N) is 2. The molecule has 1 aliphatic heterocycles. The number of hydrogen-bond acceptors (Lipinski definition) is 5. The number of nitrogens with two attached hydrogens (primary N) is 2. The van der Waals surface area contributed by atoms with Crippen LogP contribution in [0.3, 0.4) is 0 Å². The van der Waals surface area contributed by atoms with Crippen molar-refractivity contribution in [3.63, 3.8) is 0 Å². The van der Waals surface area contributed by atoms with Crippen LogP contribution >= 0.6 is 0 Å². The van der Waals surface area contributed by atoms with Crippen molar-refractivity contribution in [2.75, 3.05) is 12.3 Å². The number of rotatable bonds is 3. The number of amides is 1. The summed E-state index contributed by atoms with van der Waals surface area (Å²) in [6, 6.07) is 3.74. The van der Waals surface area contributed by atoms with Gasteiger partial charge in [-0.25, -0.2) is 0 Å². The fourth-order valence-corrected chi connectivity index (χ4v) is 2.75. The molecule has 1 aromatic carbocycles. The predicted octanol–water partition coefficient (Wildman–Crippen LogP) is 1.52.